The molecule has 0 bridgehead atoms. The lowest BCUT2D eigenvalue weighted by Crippen LogP contribution is -2.26. The van der Waals surface area contributed by atoms with E-state index in [0.29, 0.717) is 6.54 Å². The Morgan fingerprint density at radius 3 is 2.61 bits per heavy atom. The van der Waals surface area contributed by atoms with Gasteiger partial charge in [0.05, 0.1) is 0 Å². The van der Waals surface area contributed by atoms with E-state index in [9.17, 15) is 4.39 Å². The minimum Gasteiger partial charge on any atom is -0.371 e. The van der Waals surface area contributed by atoms with Crippen molar-refractivity contribution in [2.45, 2.75) is 40.2 Å². The van der Waals surface area contributed by atoms with E-state index in [1.807, 2.05) is 13.0 Å². The Bertz CT molecular complexity index is 352. The molecule has 18 heavy (non-hydrogen) atoms. The fourth-order valence-corrected chi connectivity index (χ4v) is 2.07. The average Bonchev–Trinajstić information content (AvgIpc) is 2.39. The quantitative estimate of drug-likeness (QED) is 0.761. The smallest absolute Gasteiger partial charge is 0.129 e. The van der Waals surface area contributed by atoms with Crippen LogP contribution in [0.5, 0.6) is 0 Å². The van der Waals surface area contributed by atoms with Crippen LogP contribution in [-0.4, -0.2) is 19.6 Å². The molecule has 3 heteroatoms. The van der Waals surface area contributed by atoms with Crippen molar-refractivity contribution in [2.75, 3.05) is 24.5 Å². The first-order valence-electron chi connectivity index (χ1n) is 6.97. The van der Waals surface area contributed by atoms with Crippen molar-refractivity contribution in [3.8, 4) is 0 Å². The summed E-state index contributed by atoms with van der Waals surface area (Å²) in [5.41, 5.74) is 1.82. The summed E-state index contributed by atoms with van der Waals surface area (Å²) < 4.78 is 13.9. The van der Waals surface area contributed by atoms with Crippen LogP contribution < -0.4 is 10.2 Å². The summed E-state index contributed by atoms with van der Waals surface area (Å²) in [5, 5.41) is 3.21. The summed E-state index contributed by atoms with van der Waals surface area (Å²) in [6, 6.07) is 5.37. The Labute approximate surface area is 110 Å². The molecule has 0 unspecified atom stereocenters. The molecule has 1 aromatic rings. The molecule has 1 rings (SSSR count). The summed E-state index contributed by atoms with van der Waals surface area (Å²) in [6.07, 6.45) is 2.30. The summed E-state index contributed by atoms with van der Waals surface area (Å²) in [7, 11) is 0. The molecule has 102 valence electrons. The van der Waals surface area contributed by atoms with E-state index in [2.05, 4.69) is 24.1 Å². The minimum atomic E-state index is -0.108. The van der Waals surface area contributed by atoms with Gasteiger partial charge in [0.25, 0.3) is 0 Å². The molecule has 0 aromatic heterocycles. The molecule has 0 saturated heterocycles. The summed E-state index contributed by atoms with van der Waals surface area (Å²) in [6.45, 7) is 9.71. The fraction of sp³-hybridized carbons (Fsp3) is 0.600. The molecular formula is C15H25FN2. The van der Waals surface area contributed by atoms with Crippen molar-refractivity contribution in [1.82, 2.24) is 5.32 Å². The maximum atomic E-state index is 13.9. The van der Waals surface area contributed by atoms with Crippen LogP contribution in [0.2, 0.25) is 0 Å². The van der Waals surface area contributed by atoms with Gasteiger partial charge in [-0.05, 0) is 32.0 Å². The zero-order valence-corrected chi connectivity index (χ0v) is 11.8. The second-order valence-electron chi connectivity index (χ2n) is 4.45. The molecule has 0 radical (unpaired) electrons. The van der Waals surface area contributed by atoms with E-state index in [4.69, 9.17) is 0 Å². The van der Waals surface area contributed by atoms with Crippen LogP contribution in [0.25, 0.3) is 0 Å². The predicted molar refractivity (Wildman–Crippen MR) is 76.6 cm³/mol. The number of hydrogen-bond donors (Lipinski definition) is 1. The first-order valence-corrected chi connectivity index (χ1v) is 6.97. The molecule has 0 fully saturated rings. The van der Waals surface area contributed by atoms with Crippen LogP contribution in [0.4, 0.5) is 10.1 Å². The average molecular weight is 252 g/mol. The molecule has 2 nitrogen and oxygen atoms in total. The Balaban J connectivity index is 2.93. The van der Waals surface area contributed by atoms with Crippen molar-refractivity contribution in [3.05, 3.63) is 29.6 Å². The van der Waals surface area contributed by atoms with Crippen molar-refractivity contribution in [3.63, 3.8) is 0 Å². The number of nitrogens with zero attached hydrogens (tertiary/aromatic N) is 1. The van der Waals surface area contributed by atoms with E-state index in [1.54, 1.807) is 12.1 Å². The van der Waals surface area contributed by atoms with Crippen LogP contribution in [0.1, 0.15) is 39.2 Å². The molecule has 0 atom stereocenters. The number of nitrogens with one attached hydrogen (secondary N) is 1. The normalized spacial score (nSPS) is 10.7. The Morgan fingerprint density at radius 2 is 2.00 bits per heavy atom. The van der Waals surface area contributed by atoms with Gasteiger partial charge in [0.15, 0.2) is 0 Å². The minimum absolute atomic E-state index is 0.108. The van der Waals surface area contributed by atoms with Gasteiger partial charge in [-0.2, -0.15) is 0 Å². The molecule has 0 heterocycles. The number of hydrogen-bond acceptors (Lipinski definition) is 2. The van der Waals surface area contributed by atoms with Crippen LogP contribution in [0, 0.1) is 5.82 Å². The maximum Gasteiger partial charge on any atom is 0.129 e. The van der Waals surface area contributed by atoms with E-state index in [-0.39, 0.29) is 5.82 Å². The predicted octanol–water partition coefficient (Wildman–Crippen LogP) is 3.56. The van der Waals surface area contributed by atoms with Gasteiger partial charge in [-0.25, -0.2) is 4.39 Å². The van der Waals surface area contributed by atoms with E-state index >= 15 is 0 Å². The van der Waals surface area contributed by atoms with Gasteiger partial charge in [0, 0.05) is 30.9 Å². The highest BCUT2D eigenvalue weighted by molar-refractivity contribution is 5.54. The first-order chi connectivity index (χ1) is 8.74. The van der Waals surface area contributed by atoms with Crippen molar-refractivity contribution in [2.24, 2.45) is 0 Å². The van der Waals surface area contributed by atoms with Crippen LogP contribution in [-0.2, 0) is 6.54 Å². The SMILES string of the molecule is CCCCN(CC)c1cccc(F)c1CNCC. The van der Waals surface area contributed by atoms with E-state index < -0.39 is 0 Å². The monoisotopic (exact) mass is 252 g/mol. The van der Waals surface area contributed by atoms with Gasteiger partial charge in [-0.3, -0.25) is 0 Å². The zero-order valence-electron chi connectivity index (χ0n) is 11.8. The number of anilines is 1. The van der Waals surface area contributed by atoms with Gasteiger partial charge in [-0.15, -0.1) is 0 Å². The molecule has 1 N–H and O–H groups in total. The fourth-order valence-electron chi connectivity index (χ4n) is 2.07. The van der Waals surface area contributed by atoms with Gasteiger partial charge >= 0.3 is 0 Å². The van der Waals surface area contributed by atoms with Crippen LogP contribution in [0.3, 0.4) is 0 Å². The highest BCUT2D eigenvalue weighted by Crippen LogP contribution is 2.23. The molecule has 1 aromatic carbocycles. The summed E-state index contributed by atoms with van der Waals surface area (Å²) >= 11 is 0. The van der Waals surface area contributed by atoms with Gasteiger partial charge in [0.2, 0.25) is 0 Å². The molecule has 0 spiro atoms. The number of halogens is 1. The number of benzene rings is 1. The van der Waals surface area contributed by atoms with Crippen molar-refractivity contribution < 1.29 is 4.39 Å². The van der Waals surface area contributed by atoms with Crippen molar-refractivity contribution >= 4 is 5.69 Å². The van der Waals surface area contributed by atoms with Crippen LogP contribution in [0.15, 0.2) is 18.2 Å². The highest BCUT2D eigenvalue weighted by Gasteiger charge is 2.12. The van der Waals surface area contributed by atoms with Gasteiger partial charge in [-0.1, -0.05) is 26.3 Å². The lowest BCUT2D eigenvalue weighted by Gasteiger charge is -2.26. The second kappa shape index (κ2) is 8.09. The third-order valence-corrected chi connectivity index (χ3v) is 3.15. The molecule has 0 saturated carbocycles. The number of rotatable bonds is 8. The molecular weight excluding hydrogens is 227 g/mol. The Morgan fingerprint density at radius 1 is 1.22 bits per heavy atom. The maximum absolute atomic E-state index is 13.9. The standard InChI is InChI=1S/C15H25FN2/c1-4-7-11-18(6-3)15-10-8-9-14(16)13(15)12-17-5-2/h8-10,17H,4-7,11-12H2,1-3H3. The molecule has 0 aliphatic carbocycles. The summed E-state index contributed by atoms with van der Waals surface area (Å²) in [4.78, 5) is 2.26. The zero-order chi connectivity index (χ0) is 13.4. The summed E-state index contributed by atoms with van der Waals surface area (Å²) in [5.74, 6) is -0.108. The third-order valence-electron chi connectivity index (χ3n) is 3.15. The molecule has 0 aliphatic rings. The highest BCUT2D eigenvalue weighted by atomic mass is 19.1. The Kier molecular flexibility index (Phi) is 6.73. The molecule has 0 aliphatic heterocycles. The van der Waals surface area contributed by atoms with Gasteiger partial charge < -0.3 is 10.2 Å². The largest absolute Gasteiger partial charge is 0.371 e. The number of unbranched alkanes of at least 4 members (excludes halogenated alkanes) is 1. The lowest BCUT2D eigenvalue weighted by molar-refractivity contribution is 0.590. The van der Waals surface area contributed by atoms with Crippen LogP contribution >= 0.6 is 0 Å². The molecule has 0 amide bonds. The van der Waals surface area contributed by atoms with Gasteiger partial charge in [0.1, 0.15) is 5.82 Å². The van der Waals surface area contributed by atoms with E-state index in [1.165, 1.54) is 0 Å². The lowest BCUT2D eigenvalue weighted by atomic mass is 10.1. The first kappa shape index (κ1) is 15.0. The second-order valence-corrected chi connectivity index (χ2v) is 4.45. The van der Waals surface area contributed by atoms with Crippen molar-refractivity contribution in [1.29, 1.82) is 0 Å². The van der Waals surface area contributed by atoms with E-state index in [0.717, 1.165) is 43.7 Å². The topological polar surface area (TPSA) is 15.3 Å². The Hall–Kier alpha value is -1.09. The third kappa shape index (κ3) is 3.98.